The Kier molecular flexibility index (Phi) is 4.42. The minimum atomic E-state index is 0.326. The smallest absolute Gasteiger partial charge is 0.101 e. The van der Waals surface area contributed by atoms with Crippen LogP contribution in [0.3, 0.4) is 0 Å². The summed E-state index contributed by atoms with van der Waals surface area (Å²) in [5, 5.41) is 5.62. The van der Waals surface area contributed by atoms with E-state index in [0.717, 1.165) is 18.7 Å². The van der Waals surface area contributed by atoms with Gasteiger partial charge in [-0.15, -0.1) is 11.3 Å². The third kappa shape index (κ3) is 3.21. The molecule has 0 spiro atoms. The second kappa shape index (κ2) is 5.85. The first-order valence-electron chi connectivity index (χ1n) is 5.71. The van der Waals surface area contributed by atoms with Gasteiger partial charge in [0, 0.05) is 27.4 Å². The second-order valence-electron chi connectivity index (χ2n) is 4.00. The van der Waals surface area contributed by atoms with Gasteiger partial charge in [0.15, 0.2) is 0 Å². The highest BCUT2D eigenvalue weighted by molar-refractivity contribution is 9.10. The number of nitrogens with one attached hydrogen (secondary N) is 1. The minimum absolute atomic E-state index is 0.326. The highest BCUT2D eigenvalue weighted by Gasteiger charge is 2.15. The van der Waals surface area contributed by atoms with E-state index in [1.807, 2.05) is 13.2 Å². The molecule has 0 fully saturated rings. The van der Waals surface area contributed by atoms with E-state index in [1.165, 1.54) is 14.9 Å². The lowest BCUT2D eigenvalue weighted by Crippen LogP contribution is -2.22. The molecule has 0 saturated carbocycles. The van der Waals surface area contributed by atoms with Gasteiger partial charge in [0.05, 0.1) is 6.26 Å². The van der Waals surface area contributed by atoms with Crippen LogP contribution in [0.25, 0.3) is 0 Å². The molecule has 2 nitrogen and oxygen atoms in total. The molecule has 0 radical (unpaired) electrons. The van der Waals surface area contributed by atoms with Gasteiger partial charge in [0.25, 0.3) is 0 Å². The molecule has 0 amide bonds. The molecule has 0 aliphatic heterocycles. The Morgan fingerprint density at radius 2 is 2.35 bits per heavy atom. The predicted molar refractivity (Wildman–Crippen MR) is 75.6 cm³/mol. The summed E-state index contributed by atoms with van der Waals surface area (Å²) in [5.74, 6) is 0.966. The molecule has 2 heterocycles. The lowest BCUT2D eigenvalue weighted by molar-refractivity contribution is 0.512. The summed E-state index contributed by atoms with van der Waals surface area (Å²) in [6.07, 6.45) is 2.84. The molecular formula is C13H16BrNOS. The van der Waals surface area contributed by atoms with Gasteiger partial charge < -0.3 is 9.73 Å². The van der Waals surface area contributed by atoms with Gasteiger partial charge >= 0.3 is 0 Å². The van der Waals surface area contributed by atoms with Gasteiger partial charge in [-0.3, -0.25) is 0 Å². The topological polar surface area (TPSA) is 25.2 Å². The molecule has 1 atom stereocenters. The van der Waals surface area contributed by atoms with E-state index in [1.54, 1.807) is 11.3 Å². The maximum atomic E-state index is 5.39. The number of thiophene rings is 1. The van der Waals surface area contributed by atoms with E-state index in [-0.39, 0.29) is 0 Å². The Morgan fingerprint density at radius 1 is 1.53 bits per heavy atom. The van der Waals surface area contributed by atoms with Crippen LogP contribution < -0.4 is 5.32 Å². The summed E-state index contributed by atoms with van der Waals surface area (Å²) in [6, 6.07) is 4.53. The van der Waals surface area contributed by atoms with Crippen LogP contribution in [0.15, 0.2) is 32.7 Å². The molecule has 0 aromatic carbocycles. The first-order chi connectivity index (χ1) is 8.20. The first-order valence-corrected chi connectivity index (χ1v) is 7.38. The summed E-state index contributed by atoms with van der Waals surface area (Å²) >= 11 is 5.37. The van der Waals surface area contributed by atoms with Crippen molar-refractivity contribution >= 4 is 27.3 Å². The fourth-order valence-corrected chi connectivity index (χ4v) is 3.42. The average molecular weight is 314 g/mol. The molecular weight excluding hydrogens is 298 g/mol. The zero-order valence-electron chi connectivity index (χ0n) is 10.00. The van der Waals surface area contributed by atoms with E-state index in [9.17, 15) is 0 Å². The van der Waals surface area contributed by atoms with Crippen molar-refractivity contribution in [3.63, 3.8) is 0 Å². The van der Waals surface area contributed by atoms with Crippen molar-refractivity contribution in [2.75, 3.05) is 6.54 Å². The number of likely N-dealkylation sites (N-methyl/N-ethyl adjacent to an activating group) is 1. The quantitative estimate of drug-likeness (QED) is 0.890. The van der Waals surface area contributed by atoms with Gasteiger partial charge in [0.1, 0.15) is 5.76 Å². The van der Waals surface area contributed by atoms with Gasteiger partial charge in [-0.2, -0.15) is 0 Å². The Labute approximate surface area is 114 Å². The molecule has 0 aliphatic carbocycles. The molecule has 17 heavy (non-hydrogen) atoms. The fourth-order valence-electron chi connectivity index (χ4n) is 1.86. The number of furan rings is 1. The van der Waals surface area contributed by atoms with Crippen LogP contribution in [0.5, 0.6) is 0 Å². The van der Waals surface area contributed by atoms with E-state index < -0.39 is 0 Å². The molecule has 0 bridgehead atoms. The van der Waals surface area contributed by atoms with Crippen LogP contribution in [-0.2, 0) is 6.42 Å². The third-order valence-electron chi connectivity index (χ3n) is 2.68. The number of halogens is 1. The van der Waals surface area contributed by atoms with Crippen molar-refractivity contribution in [1.82, 2.24) is 5.32 Å². The molecule has 2 aromatic rings. The van der Waals surface area contributed by atoms with E-state index in [4.69, 9.17) is 4.42 Å². The first kappa shape index (κ1) is 12.9. The Balaban J connectivity index is 2.15. The lowest BCUT2D eigenvalue weighted by atomic mass is 10.1. The molecule has 1 N–H and O–H groups in total. The van der Waals surface area contributed by atoms with Gasteiger partial charge in [0.2, 0.25) is 0 Å². The van der Waals surface area contributed by atoms with Crippen LogP contribution in [0.2, 0.25) is 0 Å². The van der Waals surface area contributed by atoms with Crippen LogP contribution >= 0.6 is 27.3 Å². The van der Waals surface area contributed by atoms with Crippen LogP contribution in [-0.4, -0.2) is 6.54 Å². The molecule has 1 unspecified atom stereocenters. The zero-order chi connectivity index (χ0) is 12.3. The Morgan fingerprint density at radius 3 is 2.88 bits per heavy atom. The summed E-state index contributed by atoms with van der Waals surface area (Å²) in [7, 11) is 0. The summed E-state index contributed by atoms with van der Waals surface area (Å²) in [6.45, 7) is 5.06. The molecule has 4 heteroatoms. The van der Waals surface area contributed by atoms with Crippen molar-refractivity contribution in [3.8, 4) is 0 Å². The number of aryl methyl sites for hydroxylation is 1. The van der Waals surface area contributed by atoms with E-state index in [0.29, 0.717) is 6.04 Å². The lowest BCUT2D eigenvalue weighted by Gasteiger charge is -2.15. The number of hydrogen-bond acceptors (Lipinski definition) is 3. The van der Waals surface area contributed by atoms with E-state index >= 15 is 0 Å². The molecule has 2 aromatic heterocycles. The third-order valence-corrected chi connectivity index (χ3v) is 4.63. The van der Waals surface area contributed by atoms with E-state index in [2.05, 4.69) is 45.7 Å². The van der Waals surface area contributed by atoms with Crippen LogP contribution in [0.1, 0.15) is 29.2 Å². The highest BCUT2D eigenvalue weighted by Crippen LogP contribution is 2.28. The van der Waals surface area contributed by atoms with Crippen molar-refractivity contribution in [2.45, 2.75) is 26.3 Å². The average Bonchev–Trinajstić information content (AvgIpc) is 2.88. The monoisotopic (exact) mass is 313 g/mol. The maximum absolute atomic E-state index is 5.39. The minimum Gasteiger partial charge on any atom is -0.469 e. The van der Waals surface area contributed by atoms with Crippen molar-refractivity contribution in [2.24, 2.45) is 0 Å². The predicted octanol–water partition coefficient (Wildman–Crippen LogP) is 4.31. The number of hydrogen-bond donors (Lipinski definition) is 1. The standard InChI is InChI=1S/C13H16BrNOS/c1-3-15-12(10-6-9(2)16-8-10)7-13-11(14)4-5-17-13/h4-6,8,12,15H,3,7H2,1-2H3. The summed E-state index contributed by atoms with van der Waals surface area (Å²) in [4.78, 5) is 1.37. The normalized spacial score (nSPS) is 12.9. The molecule has 0 aliphatic rings. The summed E-state index contributed by atoms with van der Waals surface area (Å²) < 4.78 is 6.59. The maximum Gasteiger partial charge on any atom is 0.101 e. The van der Waals surface area contributed by atoms with Gasteiger partial charge in [-0.05, 0) is 46.9 Å². The van der Waals surface area contributed by atoms with Crippen molar-refractivity contribution in [3.05, 3.63) is 44.4 Å². The van der Waals surface area contributed by atoms with Crippen molar-refractivity contribution < 1.29 is 4.42 Å². The fraction of sp³-hybridized carbons (Fsp3) is 0.385. The largest absolute Gasteiger partial charge is 0.469 e. The SMILES string of the molecule is CCNC(Cc1sccc1Br)c1coc(C)c1. The molecule has 0 saturated heterocycles. The van der Waals surface area contributed by atoms with Gasteiger partial charge in [-0.1, -0.05) is 6.92 Å². The molecule has 2 rings (SSSR count). The number of rotatable bonds is 5. The van der Waals surface area contributed by atoms with Crippen LogP contribution in [0, 0.1) is 6.92 Å². The van der Waals surface area contributed by atoms with Crippen LogP contribution in [0.4, 0.5) is 0 Å². The Bertz CT molecular complexity index is 477. The Hall–Kier alpha value is -0.580. The second-order valence-corrected chi connectivity index (χ2v) is 5.85. The van der Waals surface area contributed by atoms with Gasteiger partial charge in [-0.25, -0.2) is 0 Å². The molecule has 92 valence electrons. The van der Waals surface area contributed by atoms with Crippen molar-refractivity contribution in [1.29, 1.82) is 0 Å². The zero-order valence-corrected chi connectivity index (χ0v) is 12.4. The highest BCUT2D eigenvalue weighted by atomic mass is 79.9. The summed E-state index contributed by atoms with van der Waals surface area (Å²) in [5.41, 5.74) is 1.23.